The van der Waals surface area contributed by atoms with E-state index in [1.165, 1.54) is 27.8 Å². The number of hydrogen-bond donors (Lipinski definition) is 0. The van der Waals surface area contributed by atoms with E-state index in [1.54, 1.807) is 0 Å². The zero-order chi connectivity index (χ0) is 13.1. The molecule has 0 heteroatoms. The van der Waals surface area contributed by atoms with Crippen molar-refractivity contribution in [2.45, 2.75) is 6.92 Å². The molecular formula is C19H16. The molecule has 0 aliphatic heterocycles. The van der Waals surface area contributed by atoms with Crippen molar-refractivity contribution in [2.24, 2.45) is 0 Å². The van der Waals surface area contributed by atoms with Crippen molar-refractivity contribution in [2.75, 3.05) is 0 Å². The van der Waals surface area contributed by atoms with Crippen LogP contribution in [0, 0.1) is 6.92 Å². The van der Waals surface area contributed by atoms with Crippen LogP contribution in [0.1, 0.15) is 5.56 Å². The summed E-state index contributed by atoms with van der Waals surface area (Å²) in [4.78, 5) is 0. The van der Waals surface area contributed by atoms with Gasteiger partial charge in [0.25, 0.3) is 0 Å². The average Bonchev–Trinajstić information content (AvgIpc) is 2.49. The molecule has 0 bridgehead atoms. The van der Waals surface area contributed by atoms with Gasteiger partial charge in [-0.05, 0) is 40.8 Å². The highest BCUT2D eigenvalue weighted by Crippen LogP contribution is 2.28. The van der Waals surface area contributed by atoms with Crippen LogP contribution >= 0.6 is 0 Å². The minimum Gasteiger partial charge on any atom is -0.0622 e. The van der Waals surface area contributed by atoms with Gasteiger partial charge in [-0.25, -0.2) is 0 Å². The van der Waals surface area contributed by atoms with Gasteiger partial charge in [0.05, 0.1) is 0 Å². The highest BCUT2D eigenvalue weighted by Gasteiger charge is 2.03. The Balaban J connectivity index is 2.09. The SMILES string of the molecule is Cc1ccccc1-c1cccc(-c2ccccc2)c1. The summed E-state index contributed by atoms with van der Waals surface area (Å²) in [5, 5.41) is 0. The molecule has 0 aliphatic carbocycles. The Morgan fingerprint density at radius 1 is 0.526 bits per heavy atom. The van der Waals surface area contributed by atoms with E-state index in [0.717, 1.165) is 0 Å². The van der Waals surface area contributed by atoms with E-state index in [4.69, 9.17) is 0 Å². The first-order chi connectivity index (χ1) is 9.34. The fourth-order valence-corrected chi connectivity index (χ4v) is 2.39. The third-order valence-electron chi connectivity index (χ3n) is 3.43. The lowest BCUT2D eigenvalue weighted by Crippen LogP contribution is -1.84. The van der Waals surface area contributed by atoms with Crippen LogP contribution in [-0.2, 0) is 0 Å². The van der Waals surface area contributed by atoms with Crippen LogP contribution in [-0.4, -0.2) is 0 Å². The van der Waals surface area contributed by atoms with Crippen molar-refractivity contribution in [3.8, 4) is 22.3 Å². The zero-order valence-corrected chi connectivity index (χ0v) is 11.0. The molecule has 0 radical (unpaired) electrons. The number of hydrogen-bond acceptors (Lipinski definition) is 0. The Morgan fingerprint density at radius 2 is 1.16 bits per heavy atom. The topological polar surface area (TPSA) is 0 Å². The standard InChI is InChI=1S/C19H16/c1-15-8-5-6-13-19(15)18-12-7-11-17(14-18)16-9-3-2-4-10-16/h2-14H,1H3. The highest BCUT2D eigenvalue weighted by molar-refractivity contribution is 5.74. The molecule has 0 amide bonds. The van der Waals surface area contributed by atoms with Crippen LogP contribution in [0.3, 0.4) is 0 Å². The van der Waals surface area contributed by atoms with Crippen LogP contribution in [0.5, 0.6) is 0 Å². The summed E-state index contributed by atoms with van der Waals surface area (Å²) < 4.78 is 0. The maximum atomic E-state index is 2.26. The summed E-state index contributed by atoms with van der Waals surface area (Å²) in [6.07, 6.45) is 0. The van der Waals surface area contributed by atoms with E-state index in [9.17, 15) is 0 Å². The van der Waals surface area contributed by atoms with Gasteiger partial charge in [0, 0.05) is 0 Å². The van der Waals surface area contributed by atoms with Gasteiger partial charge < -0.3 is 0 Å². The van der Waals surface area contributed by atoms with Gasteiger partial charge in [-0.3, -0.25) is 0 Å². The molecule has 0 heterocycles. The lowest BCUT2D eigenvalue weighted by atomic mass is 9.96. The summed E-state index contributed by atoms with van der Waals surface area (Å²) in [6.45, 7) is 2.16. The number of benzene rings is 3. The second-order valence-corrected chi connectivity index (χ2v) is 4.76. The summed E-state index contributed by atoms with van der Waals surface area (Å²) in [5.74, 6) is 0. The van der Waals surface area contributed by atoms with Crippen LogP contribution in [0.25, 0.3) is 22.3 Å². The summed E-state index contributed by atoms with van der Waals surface area (Å²) in [6, 6.07) is 27.8. The number of rotatable bonds is 2. The molecule has 0 spiro atoms. The van der Waals surface area contributed by atoms with E-state index < -0.39 is 0 Å². The highest BCUT2D eigenvalue weighted by atomic mass is 14.1. The summed E-state index contributed by atoms with van der Waals surface area (Å²) in [7, 11) is 0. The van der Waals surface area contributed by atoms with Gasteiger partial charge in [0.1, 0.15) is 0 Å². The largest absolute Gasteiger partial charge is 0.0622 e. The Kier molecular flexibility index (Phi) is 3.16. The third-order valence-corrected chi connectivity index (χ3v) is 3.43. The van der Waals surface area contributed by atoms with E-state index in [0.29, 0.717) is 0 Å². The van der Waals surface area contributed by atoms with Crippen molar-refractivity contribution in [3.63, 3.8) is 0 Å². The lowest BCUT2D eigenvalue weighted by Gasteiger charge is -2.08. The first-order valence-corrected chi connectivity index (χ1v) is 6.56. The normalized spacial score (nSPS) is 10.4. The molecule has 0 unspecified atom stereocenters. The van der Waals surface area contributed by atoms with Crippen LogP contribution in [0.15, 0.2) is 78.9 Å². The molecule has 0 saturated carbocycles. The molecule has 0 nitrogen and oxygen atoms in total. The smallest absolute Gasteiger partial charge is 0.0155 e. The van der Waals surface area contributed by atoms with E-state index in [2.05, 4.69) is 85.8 Å². The Labute approximate surface area is 114 Å². The predicted octanol–water partition coefficient (Wildman–Crippen LogP) is 5.33. The Bertz CT molecular complexity index is 681. The molecule has 3 aromatic rings. The van der Waals surface area contributed by atoms with Crippen molar-refractivity contribution in [1.82, 2.24) is 0 Å². The predicted molar refractivity (Wildman–Crippen MR) is 82.1 cm³/mol. The molecule has 0 aliphatic rings. The minimum atomic E-state index is 1.26. The van der Waals surface area contributed by atoms with Crippen molar-refractivity contribution >= 4 is 0 Å². The molecule has 0 N–H and O–H groups in total. The van der Waals surface area contributed by atoms with E-state index in [-0.39, 0.29) is 0 Å². The van der Waals surface area contributed by atoms with Crippen molar-refractivity contribution in [1.29, 1.82) is 0 Å². The first kappa shape index (κ1) is 11.7. The van der Waals surface area contributed by atoms with Gasteiger partial charge in [-0.2, -0.15) is 0 Å². The third kappa shape index (κ3) is 2.43. The lowest BCUT2D eigenvalue weighted by molar-refractivity contribution is 1.46. The maximum absolute atomic E-state index is 2.26. The molecule has 92 valence electrons. The molecule has 0 saturated heterocycles. The van der Waals surface area contributed by atoms with E-state index in [1.807, 2.05) is 0 Å². The zero-order valence-electron chi connectivity index (χ0n) is 11.0. The molecule has 3 rings (SSSR count). The maximum Gasteiger partial charge on any atom is -0.0155 e. The molecule has 0 atom stereocenters. The van der Waals surface area contributed by atoms with Gasteiger partial charge in [0.2, 0.25) is 0 Å². The fraction of sp³-hybridized carbons (Fsp3) is 0.0526. The number of aryl methyl sites for hydroxylation is 1. The molecule has 0 aromatic heterocycles. The second kappa shape index (κ2) is 5.11. The monoisotopic (exact) mass is 244 g/mol. The molecule has 19 heavy (non-hydrogen) atoms. The van der Waals surface area contributed by atoms with Gasteiger partial charge in [-0.15, -0.1) is 0 Å². The summed E-state index contributed by atoms with van der Waals surface area (Å²) in [5.41, 5.74) is 6.42. The summed E-state index contributed by atoms with van der Waals surface area (Å²) >= 11 is 0. The van der Waals surface area contributed by atoms with Crippen LogP contribution in [0.2, 0.25) is 0 Å². The van der Waals surface area contributed by atoms with Crippen LogP contribution < -0.4 is 0 Å². The van der Waals surface area contributed by atoms with Crippen LogP contribution in [0.4, 0.5) is 0 Å². The van der Waals surface area contributed by atoms with Crippen molar-refractivity contribution < 1.29 is 0 Å². The average molecular weight is 244 g/mol. The van der Waals surface area contributed by atoms with Crippen molar-refractivity contribution in [3.05, 3.63) is 84.4 Å². The van der Waals surface area contributed by atoms with Gasteiger partial charge in [-0.1, -0.05) is 72.8 Å². The van der Waals surface area contributed by atoms with E-state index >= 15 is 0 Å². The second-order valence-electron chi connectivity index (χ2n) is 4.76. The Hall–Kier alpha value is -2.34. The van der Waals surface area contributed by atoms with Gasteiger partial charge in [0.15, 0.2) is 0 Å². The minimum absolute atomic E-state index is 1.26. The quantitative estimate of drug-likeness (QED) is 0.571. The van der Waals surface area contributed by atoms with Gasteiger partial charge >= 0.3 is 0 Å². The molecule has 0 fully saturated rings. The fourth-order valence-electron chi connectivity index (χ4n) is 2.39. The Morgan fingerprint density at radius 3 is 1.95 bits per heavy atom. The first-order valence-electron chi connectivity index (χ1n) is 6.56. The molecular weight excluding hydrogens is 228 g/mol. The molecule has 3 aromatic carbocycles.